The number of ether oxygens (including phenoxy) is 1. The van der Waals surface area contributed by atoms with Crippen molar-refractivity contribution in [2.45, 2.75) is 46.5 Å². The summed E-state index contributed by atoms with van der Waals surface area (Å²) >= 11 is 5.94. The molecule has 2 heterocycles. The third-order valence-corrected chi connectivity index (χ3v) is 3.34. The van der Waals surface area contributed by atoms with E-state index >= 15 is 0 Å². The van der Waals surface area contributed by atoms with Crippen molar-refractivity contribution in [3.8, 4) is 11.3 Å². The predicted molar refractivity (Wildman–Crippen MR) is 92.7 cm³/mol. The number of nitrogens with zero attached hydrogens (tertiary/aromatic N) is 3. The van der Waals surface area contributed by atoms with Crippen LogP contribution in [-0.2, 0) is 11.2 Å². The molecule has 1 radical (unpaired) electrons. The molecule has 0 atom stereocenters. The van der Waals surface area contributed by atoms with E-state index in [1.807, 2.05) is 47.9 Å². The molecule has 0 aliphatic carbocycles. The van der Waals surface area contributed by atoms with Gasteiger partial charge in [0.2, 0.25) is 0 Å². The highest BCUT2D eigenvalue weighted by atomic mass is 35.5. The largest absolute Gasteiger partial charge is 0.443 e. The van der Waals surface area contributed by atoms with E-state index in [4.69, 9.17) is 16.3 Å². The van der Waals surface area contributed by atoms with E-state index in [0.29, 0.717) is 23.1 Å². The quantitative estimate of drug-likeness (QED) is 0.639. The fraction of sp³-hybridized carbons (Fsp3) is 0.438. The molecule has 0 amide bonds. The van der Waals surface area contributed by atoms with Crippen molar-refractivity contribution in [2.75, 3.05) is 0 Å². The zero-order chi connectivity index (χ0) is 17.2. The van der Waals surface area contributed by atoms with Crippen molar-refractivity contribution in [3.63, 3.8) is 0 Å². The van der Waals surface area contributed by atoms with Crippen LogP contribution in [0.3, 0.4) is 0 Å². The number of rotatable bonds is 3. The van der Waals surface area contributed by atoms with Gasteiger partial charge in [0.05, 0.1) is 5.69 Å². The number of pyridine rings is 1. The van der Waals surface area contributed by atoms with Crippen molar-refractivity contribution in [3.05, 3.63) is 29.3 Å². The third-order valence-electron chi connectivity index (χ3n) is 3.13. The lowest BCUT2D eigenvalue weighted by molar-refractivity contribution is 0.0532. The van der Waals surface area contributed by atoms with E-state index in [0.717, 1.165) is 11.2 Å². The summed E-state index contributed by atoms with van der Waals surface area (Å²) in [5.74, 6) is 0.645. The maximum absolute atomic E-state index is 12.3. The van der Waals surface area contributed by atoms with Gasteiger partial charge in [-0.25, -0.2) is 14.3 Å². The predicted octanol–water partition coefficient (Wildman–Crippen LogP) is 3.32. The molecule has 2 rings (SSSR count). The fourth-order valence-corrected chi connectivity index (χ4v) is 2.31. The topological polar surface area (TPSA) is 57.0 Å². The molecule has 23 heavy (non-hydrogen) atoms. The Balaban J connectivity index is 2.45. The zero-order valence-corrected chi connectivity index (χ0v) is 14.8. The summed E-state index contributed by atoms with van der Waals surface area (Å²) < 4.78 is 6.88. The van der Waals surface area contributed by atoms with Gasteiger partial charge in [0.15, 0.2) is 7.28 Å². The molecular formula is C16H20BClN3O2. The van der Waals surface area contributed by atoms with Gasteiger partial charge >= 0.3 is 6.09 Å². The van der Waals surface area contributed by atoms with Crippen LogP contribution < -0.4 is 5.59 Å². The first-order chi connectivity index (χ1) is 10.7. The average molecular weight is 333 g/mol. The van der Waals surface area contributed by atoms with Gasteiger partial charge in [-0.1, -0.05) is 25.3 Å². The van der Waals surface area contributed by atoms with E-state index in [1.165, 1.54) is 4.57 Å². The van der Waals surface area contributed by atoms with Gasteiger partial charge in [-0.15, -0.1) is 0 Å². The highest BCUT2D eigenvalue weighted by molar-refractivity contribution is 6.53. The van der Waals surface area contributed by atoms with Gasteiger partial charge in [-0.05, 0) is 32.9 Å². The summed E-state index contributed by atoms with van der Waals surface area (Å²) in [5, 5.41) is 0.420. The minimum absolute atomic E-state index is 0.420. The Morgan fingerprint density at radius 2 is 2.04 bits per heavy atom. The number of carbonyl (C=O) groups is 1. The minimum atomic E-state index is -0.559. The van der Waals surface area contributed by atoms with Gasteiger partial charge in [0.25, 0.3) is 0 Å². The van der Waals surface area contributed by atoms with E-state index < -0.39 is 11.7 Å². The smallest absolute Gasteiger partial charge is 0.420 e. The zero-order valence-electron chi connectivity index (χ0n) is 14.1. The number of halogens is 1. The van der Waals surface area contributed by atoms with Crippen LogP contribution >= 0.6 is 11.6 Å². The number of hydrogen-bond acceptors (Lipinski definition) is 4. The molecular weight excluding hydrogens is 312 g/mol. The first-order valence-electron chi connectivity index (χ1n) is 7.53. The number of imidazole rings is 1. The molecule has 0 saturated carbocycles. The van der Waals surface area contributed by atoms with Crippen molar-refractivity contribution in [1.29, 1.82) is 0 Å². The number of carbonyl (C=O) groups excluding carboxylic acids is 1. The average Bonchev–Trinajstić information content (AvgIpc) is 2.89. The molecule has 7 heteroatoms. The Morgan fingerprint density at radius 3 is 2.61 bits per heavy atom. The van der Waals surface area contributed by atoms with E-state index in [2.05, 4.69) is 9.97 Å². The third kappa shape index (κ3) is 4.13. The summed E-state index contributed by atoms with van der Waals surface area (Å²) in [7, 11) is 1.86. The van der Waals surface area contributed by atoms with Crippen molar-refractivity contribution in [1.82, 2.24) is 14.5 Å². The Bertz CT molecular complexity index is 723. The molecule has 0 N–H and O–H groups in total. The van der Waals surface area contributed by atoms with Crippen LogP contribution in [0.5, 0.6) is 0 Å². The summed E-state index contributed by atoms with van der Waals surface area (Å²) in [6, 6.07) is 3.56. The molecule has 0 saturated heterocycles. The van der Waals surface area contributed by atoms with Crippen LogP contribution in [0, 0.1) is 0 Å². The van der Waals surface area contributed by atoms with Crippen molar-refractivity contribution >= 4 is 30.6 Å². The minimum Gasteiger partial charge on any atom is -0.443 e. The van der Waals surface area contributed by atoms with Crippen LogP contribution in [0.4, 0.5) is 4.79 Å². The summed E-state index contributed by atoms with van der Waals surface area (Å²) in [6.07, 6.45) is 1.87. The van der Waals surface area contributed by atoms with E-state index in [-0.39, 0.29) is 0 Å². The molecule has 5 nitrogen and oxygen atoms in total. The van der Waals surface area contributed by atoms with Gasteiger partial charge in [0, 0.05) is 23.8 Å². The molecule has 0 aliphatic rings. The van der Waals surface area contributed by atoms with Crippen LogP contribution in [0.1, 0.15) is 33.5 Å². The highest BCUT2D eigenvalue weighted by Crippen LogP contribution is 2.20. The van der Waals surface area contributed by atoms with Crippen molar-refractivity contribution < 1.29 is 9.53 Å². The van der Waals surface area contributed by atoms with E-state index in [9.17, 15) is 4.79 Å². The Morgan fingerprint density at radius 1 is 1.35 bits per heavy atom. The Labute approximate surface area is 142 Å². The van der Waals surface area contributed by atoms with Crippen LogP contribution in [0.25, 0.3) is 11.3 Å². The summed E-state index contributed by atoms with van der Waals surface area (Å²) in [6.45, 7) is 9.33. The first-order valence-corrected chi connectivity index (χ1v) is 7.91. The van der Waals surface area contributed by atoms with Gasteiger partial charge in [0.1, 0.15) is 16.6 Å². The standard InChI is InChI=1S/C16H20BClN3O2/c1-6-13-19-11(9-21(13)15(22)23-16(2,3)4)10-7-8-12(18)20-14(10)17-5/h7-9H,6H2,1-5H3. The van der Waals surface area contributed by atoms with Crippen LogP contribution in [-0.4, -0.2) is 33.5 Å². The van der Waals surface area contributed by atoms with Crippen molar-refractivity contribution in [2.24, 2.45) is 0 Å². The highest BCUT2D eigenvalue weighted by Gasteiger charge is 2.22. The molecule has 2 aromatic heterocycles. The molecule has 0 aliphatic heterocycles. The number of aromatic nitrogens is 3. The number of hydrogen-bond donors (Lipinski definition) is 0. The maximum Gasteiger partial charge on any atom is 0.420 e. The second-order valence-corrected chi connectivity index (χ2v) is 6.49. The molecule has 0 bridgehead atoms. The molecule has 0 fully saturated rings. The summed E-state index contributed by atoms with van der Waals surface area (Å²) in [5.41, 5.74) is 1.67. The summed E-state index contributed by atoms with van der Waals surface area (Å²) in [4.78, 5) is 21.2. The van der Waals surface area contributed by atoms with Gasteiger partial charge in [-0.2, -0.15) is 0 Å². The van der Waals surface area contributed by atoms with Gasteiger partial charge in [-0.3, -0.25) is 4.98 Å². The molecule has 121 valence electrons. The Kier molecular flexibility index (Phi) is 5.14. The van der Waals surface area contributed by atoms with E-state index in [1.54, 1.807) is 12.3 Å². The lowest BCUT2D eigenvalue weighted by Crippen LogP contribution is -2.27. The molecule has 0 aromatic carbocycles. The molecule has 0 spiro atoms. The lowest BCUT2D eigenvalue weighted by Gasteiger charge is -2.19. The lowest BCUT2D eigenvalue weighted by atomic mass is 9.74. The van der Waals surface area contributed by atoms with Crippen LogP contribution in [0.2, 0.25) is 12.0 Å². The first kappa shape index (κ1) is 17.5. The Hall–Kier alpha value is -1.82. The van der Waals surface area contributed by atoms with Crippen LogP contribution in [0.15, 0.2) is 18.3 Å². The van der Waals surface area contributed by atoms with Gasteiger partial charge < -0.3 is 4.74 Å². The number of aryl methyl sites for hydroxylation is 1. The molecule has 0 unspecified atom stereocenters. The maximum atomic E-state index is 12.3. The SMILES string of the molecule is C[B]c1nc(Cl)ccc1-c1cn(C(=O)OC(C)(C)C)c(CC)n1. The monoisotopic (exact) mass is 332 g/mol. The second kappa shape index (κ2) is 6.75. The second-order valence-electron chi connectivity index (χ2n) is 6.10. The molecule has 2 aromatic rings. The fourth-order valence-electron chi connectivity index (χ4n) is 2.15. The normalized spacial score (nSPS) is 11.4.